The van der Waals surface area contributed by atoms with Crippen molar-refractivity contribution in [2.24, 2.45) is 0 Å². The highest BCUT2D eigenvalue weighted by Crippen LogP contribution is 1.72. The smallest absolute Gasteiger partial charge is 0.0315 e. The summed E-state index contributed by atoms with van der Waals surface area (Å²) in [6, 6.07) is 0. The molecule has 2 N–H and O–H groups in total. The Morgan fingerprint density at radius 3 is 1.60 bits per heavy atom. The first-order valence-electron chi connectivity index (χ1n) is 2.97. The molecule has 0 aromatic rings. The zero-order valence-corrected chi connectivity index (χ0v) is 7.41. The molecule has 0 fully saturated rings. The first kappa shape index (κ1) is 9.78. The van der Waals surface area contributed by atoms with Crippen LogP contribution in [-0.4, -0.2) is 13.1 Å². The van der Waals surface area contributed by atoms with Crippen LogP contribution in [0.3, 0.4) is 0 Å². The summed E-state index contributed by atoms with van der Waals surface area (Å²) in [7, 11) is 0. The largest absolute Gasteiger partial charge is 0.389 e. The van der Waals surface area contributed by atoms with Crippen LogP contribution in [0.25, 0.3) is 0 Å². The van der Waals surface area contributed by atoms with E-state index in [1.807, 2.05) is 0 Å². The van der Waals surface area contributed by atoms with Gasteiger partial charge in [0, 0.05) is 25.5 Å². The van der Waals surface area contributed by atoms with Crippen LogP contribution < -0.4 is 10.6 Å². The highest BCUT2D eigenvalue weighted by molar-refractivity contribution is 7.83. The molecule has 10 heavy (non-hydrogen) atoms. The van der Waals surface area contributed by atoms with Gasteiger partial charge >= 0.3 is 0 Å². The molecule has 2 nitrogen and oxygen atoms in total. The molecule has 0 aliphatic carbocycles. The van der Waals surface area contributed by atoms with Crippen molar-refractivity contribution in [1.82, 2.24) is 10.6 Å². The molecule has 0 aliphatic rings. The minimum atomic E-state index is 0.884. The third-order valence-electron chi connectivity index (χ3n) is 0.798. The van der Waals surface area contributed by atoms with Crippen molar-refractivity contribution in [3.8, 4) is 0 Å². The molecule has 0 unspecified atom stereocenters. The number of thiol groups is 2. The SMILES string of the molecule is S/C=C\NCCN/C=C\S. The third-order valence-corrected chi connectivity index (χ3v) is 1.10. The molecule has 0 aliphatic heterocycles. The average molecular weight is 176 g/mol. The van der Waals surface area contributed by atoms with Gasteiger partial charge in [-0.1, -0.05) is 0 Å². The van der Waals surface area contributed by atoms with Crippen LogP contribution in [-0.2, 0) is 0 Å². The normalized spacial score (nSPS) is 11.0. The number of rotatable bonds is 5. The van der Waals surface area contributed by atoms with E-state index in [1.165, 1.54) is 0 Å². The molecule has 0 aromatic heterocycles. The van der Waals surface area contributed by atoms with Crippen molar-refractivity contribution < 1.29 is 0 Å². The van der Waals surface area contributed by atoms with E-state index in [2.05, 4.69) is 35.9 Å². The average Bonchev–Trinajstić information content (AvgIpc) is 1.97. The molecule has 58 valence electrons. The summed E-state index contributed by atoms with van der Waals surface area (Å²) in [5.74, 6) is 0. The predicted octanol–water partition coefficient (Wildman–Crippen LogP) is 0.968. The summed E-state index contributed by atoms with van der Waals surface area (Å²) in [4.78, 5) is 0. The van der Waals surface area contributed by atoms with Crippen LogP contribution in [0, 0.1) is 0 Å². The maximum absolute atomic E-state index is 3.87. The molecule has 0 spiro atoms. The Morgan fingerprint density at radius 1 is 0.900 bits per heavy atom. The second-order valence-corrected chi connectivity index (χ2v) is 2.14. The Hall–Kier alpha value is -0.220. The maximum atomic E-state index is 3.87. The maximum Gasteiger partial charge on any atom is 0.0315 e. The van der Waals surface area contributed by atoms with Crippen molar-refractivity contribution in [2.75, 3.05) is 13.1 Å². The van der Waals surface area contributed by atoms with Crippen molar-refractivity contribution in [3.05, 3.63) is 23.2 Å². The van der Waals surface area contributed by atoms with Gasteiger partial charge < -0.3 is 10.6 Å². The minimum absolute atomic E-state index is 0.884. The highest BCUT2D eigenvalue weighted by Gasteiger charge is 1.75. The molecule has 4 heteroatoms. The molecule has 0 amide bonds. The molecule has 0 bridgehead atoms. The molecular weight excluding hydrogens is 164 g/mol. The quantitative estimate of drug-likeness (QED) is 0.371. The Balaban J connectivity index is 2.90. The topological polar surface area (TPSA) is 24.1 Å². The zero-order valence-electron chi connectivity index (χ0n) is 5.62. The Labute approximate surface area is 72.6 Å². The van der Waals surface area contributed by atoms with E-state index in [9.17, 15) is 0 Å². The first-order valence-corrected chi connectivity index (χ1v) is 4.00. The molecule has 0 rings (SSSR count). The standard InChI is InChI=1S/C6H12N2S2/c9-5-3-7-1-2-8-4-6-10/h3-10H,1-2H2/b5-3-,6-4-. The monoisotopic (exact) mass is 176 g/mol. The summed E-state index contributed by atoms with van der Waals surface area (Å²) in [5, 5.41) is 9.35. The highest BCUT2D eigenvalue weighted by atomic mass is 32.1. The molecule has 0 radical (unpaired) electrons. The lowest BCUT2D eigenvalue weighted by Gasteiger charge is -1.98. The second-order valence-electron chi connectivity index (χ2n) is 1.54. The van der Waals surface area contributed by atoms with E-state index in [4.69, 9.17) is 0 Å². The van der Waals surface area contributed by atoms with Crippen molar-refractivity contribution in [3.63, 3.8) is 0 Å². The van der Waals surface area contributed by atoms with Gasteiger partial charge in [0.15, 0.2) is 0 Å². The Bertz CT molecular complexity index is 98.3. The number of nitrogens with one attached hydrogen (secondary N) is 2. The van der Waals surface area contributed by atoms with E-state index in [0.717, 1.165) is 13.1 Å². The van der Waals surface area contributed by atoms with Gasteiger partial charge in [-0.3, -0.25) is 0 Å². The van der Waals surface area contributed by atoms with Gasteiger partial charge in [-0.2, -0.15) is 0 Å². The number of hydrogen-bond acceptors (Lipinski definition) is 4. The zero-order chi connectivity index (χ0) is 7.66. The second kappa shape index (κ2) is 8.78. The summed E-state index contributed by atoms with van der Waals surface area (Å²) in [6.45, 7) is 1.77. The minimum Gasteiger partial charge on any atom is -0.389 e. The van der Waals surface area contributed by atoms with Gasteiger partial charge in [0.25, 0.3) is 0 Å². The van der Waals surface area contributed by atoms with Gasteiger partial charge in [0.1, 0.15) is 0 Å². The molecule has 0 heterocycles. The van der Waals surface area contributed by atoms with E-state index in [1.54, 1.807) is 23.2 Å². The van der Waals surface area contributed by atoms with Crippen LogP contribution in [0.2, 0.25) is 0 Å². The summed E-state index contributed by atoms with van der Waals surface area (Å²) >= 11 is 7.75. The van der Waals surface area contributed by atoms with Gasteiger partial charge in [0.05, 0.1) is 0 Å². The van der Waals surface area contributed by atoms with Crippen molar-refractivity contribution in [2.45, 2.75) is 0 Å². The van der Waals surface area contributed by atoms with Crippen molar-refractivity contribution >= 4 is 25.3 Å². The lowest BCUT2D eigenvalue weighted by atomic mass is 10.6. The van der Waals surface area contributed by atoms with Gasteiger partial charge in [0.2, 0.25) is 0 Å². The van der Waals surface area contributed by atoms with Gasteiger partial charge in [-0.15, -0.1) is 25.3 Å². The Kier molecular flexibility index (Phi) is 8.59. The Morgan fingerprint density at radius 2 is 1.30 bits per heavy atom. The van der Waals surface area contributed by atoms with E-state index in [0.29, 0.717) is 0 Å². The molecule has 0 aromatic carbocycles. The fourth-order valence-corrected chi connectivity index (χ4v) is 0.627. The van der Waals surface area contributed by atoms with Gasteiger partial charge in [-0.05, 0) is 10.8 Å². The fourth-order valence-electron chi connectivity index (χ4n) is 0.416. The van der Waals surface area contributed by atoms with Gasteiger partial charge in [-0.25, -0.2) is 0 Å². The van der Waals surface area contributed by atoms with E-state index in [-0.39, 0.29) is 0 Å². The lowest BCUT2D eigenvalue weighted by molar-refractivity contribution is 0.768. The summed E-state index contributed by atoms with van der Waals surface area (Å²) in [5.41, 5.74) is 0. The van der Waals surface area contributed by atoms with E-state index >= 15 is 0 Å². The molecule has 0 saturated carbocycles. The predicted molar refractivity (Wildman–Crippen MR) is 52.3 cm³/mol. The summed E-state index contributed by atoms with van der Waals surface area (Å²) < 4.78 is 0. The molecule has 0 saturated heterocycles. The first-order chi connectivity index (χ1) is 4.91. The van der Waals surface area contributed by atoms with Crippen LogP contribution in [0.4, 0.5) is 0 Å². The van der Waals surface area contributed by atoms with Crippen molar-refractivity contribution in [1.29, 1.82) is 0 Å². The lowest BCUT2D eigenvalue weighted by Crippen LogP contribution is -2.19. The van der Waals surface area contributed by atoms with E-state index < -0.39 is 0 Å². The fraction of sp³-hybridized carbons (Fsp3) is 0.333. The summed E-state index contributed by atoms with van der Waals surface area (Å²) in [6.07, 6.45) is 3.57. The van der Waals surface area contributed by atoms with Crippen LogP contribution in [0.5, 0.6) is 0 Å². The van der Waals surface area contributed by atoms with Crippen LogP contribution in [0.1, 0.15) is 0 Å². The molecular formula is C6H12N2S2. The van der Waals surface area contributed by atoms with Crippen LogP contribution >= 0.6 is 25.3 Å². The number of hydrogen-bond donors (Lipinski definition) is 4. The molecule has 0 atom stereocenters. The third kappa shape index (κ3) is 7.78. The van der Waals surface area contributed by atoms with Crippen LogP contribution in [0.15, 0.2) is 23.2 Å².